The van der Waals surface area contributed by atoms with Gasteiger partial charge in [0.15, 0.2) is 5.82 Å². The van der Waals surface area contributed by atoms with Gasteiger partial charge in [0, 0.05) is 35.1 Å². The van der Waals surface area contributed by atoms with E-state index in [4.69, 9.17) is 5.73 Å². The van der Waals surface area contributed by atoms with Crippen LogP contribution in [0.25, 0.3) is 22.3 Å². The van der Waals surface area contributed by atoms with Gasteiger partial charge in [0.05, 0.1) is 12.6 Å². The van der Waals surface area contributed by atoms with Crippen LogP contribution in [-0.2, 0) is 17.8 Å². The molecule has 0 aliphatic heterocycles. The molecular formula is C19H20ClN7O. The van der Waals surface area contributed by atoms with E-state index in [2.05, 4.69) is 30.5 Å². The molecule has 0 aliphatic rings. The van der Waals surface area contributed by atoms with E-state index in [-0.39, 0.29) is 24.9 Å². The molecule has 28 heavy (non-hydrogen) atoms. The Morgan fingerprint density at radius 2 is 1.96 bits per heavy atom. The number of nitrogens with zero attached hydrogens (tertiary/aromatic N) is 3. The number of hydrogen-bond acceptors (Lipinski definition) is 5. The van der Waals surface area contributed by atoms with Crippen molar-refractivity contribution in [3.05, 3.63) is 66.4 Å². The minimum Gasteiger partial charge on any atom is -0.361 e. The summed E-state index contributed by atoms with van der Waals surface area (Å²) >= 11 is 0. The zero-order valence-corrected chi connectivity index (χ0v) is 15.7. The van der Waals surface area contributed by atoms with Gasteiger partial charge in [-0.3, -0.25) is 14.9 Å². The van der Waals surface area contributed by atoms with Crippen LogP contribution in [0.5, 0.6) is 0 Å². The number of para-hydroxylation sites is 1. The highest BCUT2D eigenvalue weighted by atomic mass is 35.5. The molecule has 1 amide bonds. The van der Waals surface area contributed by atoms with Crippen molar-refractivity contribution in [1.29, 1.82) is 0 Å². The van der Waals surface area contributed by atoms with Crippen molar-refractivity contribution in [2.45, 2.75) is 19.0 Å². The fraction of sp³-hybridized carbons (Fsp3) is 0.158. The summed E-state index contributed by atoms with van der Waals surface area (Å²) in [6.45, 7) is 0.235. The molecule has 3 aromatic heterocycles. The molecule has 8 nitrogen and oxygen atoms in total. The SMILES string of the molecule is Cl.N[C@@H](Cc1c[nH]c2ccccc12)C(=O)NCc1nc(-c2ccncc2)n[nH]1. The lowest BCUT2D eigenvalue weighted by Crippen LogP contribution is -2.41. The normalized spacial score (nSPS) is 11.8. The van der Waals surface area contributed by atoms with Crippen molar-refractivity contribution in [1.82, 2.24) is 30.5 Å². The lowest BCUT2D eigenvalue weighted by molar-refractivity contribution is -0.122. The van der Waals surface area contributed by atoms with Gasteiger partial charge in [-0.1, -0.05) is 18.2 Å². The number of benzene rings is 1. The van der Waals surface area contributed by atoms with Crippen molar-refractivity contribution >= 4 is 29.2 Å². The van der Waals surface area contributed by atoms with E-state index in [1.807, 2.05) is 42.6 Å². The Morgan fingerprint density at radius 3 is 2.79 bits per heavy atom. The highest BCUT2D eigenvalue weighted by molar-refractivity contribution is 5.86. The van der Waals surface area contributed by atoms with Gasteiger partial charge in [0.2, 0.25) is 5.91 Å². The molecule has 0 saturated carbocycles. The topological polar surface area (TPSA) is 125 Å². The van der Waals surface area contributed by atoms with Gasteiger partial charge in [-0.25, -0.2) is 4.98 Å². The summed E-state index contributed by atoms with van der Waals surface area (Å²) in [4.78, 5) is 23.9. The van der Waals surface area contributed by atoms with Crippen LogP contribution in [0.4, 0.5) is 0 Å². The van der Waals surface area contributed by atoms with Gasteiger partial charge in [-0.2, -0.15) is 5.10 Å². The summed E-state index contributed by atoms with van der Waals surface area (Å²) in [6, 6.07) is 10.9. The Morgan fingerprint density at radius 1 is 1.18 bits per heavy atom. The first-order chi connectivity index (χ1) is 13.2. The third kappa shape index (κ3) is 4.19. The van der Waals surface area contributed by atoms with Gasteiger partial charge < -0.3 is 16.0 Å². The summed E-state index contributed by atoms with van der Waals surface area (Å²) in [5, 5.41) is 10.9. The fourth-order valence-electron chi connectivity index (χ4n) is 2.94. The number of nitrogens with one attached hydrogen (secondary N) is 3. The molecule has 0 spiro atoms. The summed E-state index contributed by atoms with van der Waals surface area (Å²) in [5.41, 5.74) is 8.99. The summed E-state index contributed by atoms with van der Waals surface area (Å²) in [5.74, 6) is 0.890. The first-order valence-electron chi connectivity index (χ1n) is 8.60. The number of carbonyl (C=O) groups is 1. The maximum Gasteiger partial charge on any atom is 0.237 e. The largest absolute Gasteiger partial charge is 0.361 e. The second-order valence-electron chi connectivity index (χ2n) is 6.23. The van der Waals surface area contributed by atoms with Crippen LogP contribution in [0.1, 0.15) is 11.4 Å². The number of fused-ring (bicyclic) bond motifs is 1. The van der Waals surface area contributed by atoms with Crippen LogP contribution in [-0.4, -0.2) is 37.1 Å². The predicted octanol–water partition coefficient (Wildman–Crippen LogP) is 1.96. The van der Waals surface area contributed by atoms with Gasteiger partial charge in [-0.05, 0) is 30.2 Å². The lowest BCUT2D eigenvalue weighted by atomic mass is 10.1. The molecule has 0 unspecified atom stereocenters. The molecule has 1 aromatic carbocycles. The molecule has 0 bridgehead atoms. The number of pyridine rings is 1. The van der Waals surface area contributed by atoms with E-state index in [1.165, 1.54) is 0 Å². The number of H-pyrrole nitrogens is 2. The zero-order valence-electron chi connectivity index (χ0n) is 14.9. The van der Waals surface area contributed by atoms with Crippen LogP contribution in [0.2, 0.25) is 0 Å². The maximum absolute atomic E-state index is 12.3. The van der Waals surface area contributed by atoms with E-state index in [0.29, 0.717) is 18.1 Å². The number of aromatic nitrogens is 5. The van der Waals surface area contributed by atoms with Gasteiger partial charge in [-0.15, -0.1) is 12.4 Å². The van der Waals surface area contributed by atoms with E-state index >= 15 is 0 Å². The second kappa shape index (κ2) is 8.64. The molecule has 5 N–H and O–H groups in total. The molecule has 1 atom stereocenters. The quantitative estimate of drug-likeness (QED) is 0.395. The van der Waals surface area contributed by atoms with E-state index in [9.17, 15) is 4.79 Å². The molecule has 144 valence electrons. The number of hydrogen-bond donors (Lipinski definition) is 4. The Bertz CT molecular complexity index is 1060. The molecule has 4 aromatic rings. The third-order valence-corrected chi connectivity index (χ3v) is 4.35. The monoisotopic (exact) mass is 397 g/mol. The van der Waals surface area contributed by atoms with Crippen LogP contribution in [0.15, 0.2) is 55.0 Å². The van der Waals surface area contributed by atoms with Crippen LogP contribution in [0.3, 0.4) is 0 Å². The molecular weight excluding hydrogens is 378 g/mol. The van der Waals surface area contributed by atoms with Gasteiger partial charge >= 0.3 is 0 Å². The summed E-state index contributed by atoms with van der Waals surface area (Å²) in [7, 11) is 0. The summed E-state index contributed by atoms with van der Waals surface area (Å²) < 4.78 is 0. The number of halogens is 1. The van der Waals surface area contributed by atoms with Gasteiger partial charge in [0.25, 0.3) is 0 Å². The van der Waals surface area contributed by atoms with Crippen molar-refractivity contribution < 1.29 is 4.79 Å². The number of nitrogens with two attached hydrogens (primary N) is 1. The number of aromatic amines is 2. The fourth-order valence-corrected chi connectivity index (χ4v) is 2.94. The van der Waals surface area contributed by atoms with Gasteiger partial charge in [0.1, 0.15) is 5.82 Å². The smallest absolute Gasteiger partial charge is 0.237 e. The average molecular weight is 398 g/mol. The highest BCUT2D eigenvalue weighted by Crippen LogP contribution is 2.18. The average Bonchev–Trinajstić information content (AvgIpc) is 3.34. The second-order valence-corrected chi connectivity index (χ2v) is 6.23. The van der Waals surface area contributed by atoms with Crippen molar-refractivity contribution in [2.75, 3.05) is 0 Å². The molecule has 9 heteroatoms. The molecule has 3 heterocycles. The van der Waals surface area contributed by atoms with Crippen molar-refractivity contribution in [2.24, 2.45) is 5.73 Å². The number of carbonyl (C=O) groups excluding carboxylic acids is 1. The number of amides is 1. The Kier molecular flexibility index (Phi) is 6.03. The van der Waals surface area contributed by atoms with Crippen molar-refractivity contribution in [3.8, 4) is 11.4 Å². The van der Waals surface area contributed by atoms with E-state index < -0.39 is 6.04 Å². The third-order valence-electron chi connectivity index (χ3n) is 4.35. The minimum atomic E-state index is -0.646. The first-order valence-corrected chi connectivity index (χ1v) is 8.60. The van der Waals surface area contributed by atoms with Crippen LogP contribution < -0.4 is 11.1 Å². The molecule has 4 rings (SSSR count). The number of rotatable bonds is 6. The Balaban J connectivity index is 0.00000225. The highest BCUT2D eigenvalue weighted by Gasteiger charge is 2.16. The predicted molar refractivity (Wildman–Crippen MR) is 109 cm³/mol. The van der Waals surface area contributed by atoms with E-state index in [1.54, 1.807) is 12.4 Å². The Labute approximate surface area is 167 Å². The Hall–Kier alpha value is -3.23. The summed E-state index contributed by atoms with van der Waals surface area (Å²) in [6.07, 6.45) is 5.71. The molecule has 0 aliphatic carbocycles. The molecule has 0 radical (unpaired) electrons. The minimum absolute atomic E-state index is 0. The van der Waals surface area contributed by atoms with Crippen LogP contribution in [0, 0.1) is 0 Å². The van der Waals surface area contributed by atoms with Crippen molar-refractivity contribution in [3.63, 3.8) is 0 Å². The molecule has 0 fully saturated rings. The van der Waals surface area contributed by atoms with Crippen LogP contribution >= 0.6 is 12.4 Å². The first kappa shape index (κ1) is 19.5. The lowest BCUT2D eigenvalue weighted by Gasteiger charge is -2.11. The standard InChI is InChI=1S/C19H19N7O.ClH/c20-15(9-13-10-22-16-4-2-1-3-14(13)16)19(27)23-11-17-24-18(26-25-17)12-5-7-21-8-6-12;/h1-8,10,15,22H,9,11,20H2,(H,23,27)(H,24,25,26);1H/t15-;/m0./s1. The van der Waals surface area contributed by atoms with E-state index in [0.717, 1.165) is 22.0 Å². The molecule has 0 saturated heterocycles. The maximum atomic E-state index is 12.3. The zero-order chi connectivity index (χ0) is 18.6.